The molecule has 0 fully saturated rings. The summed E-state index contributed by atoms with van der Waals surface area (Å²) in [4.78, 5) is 22.9. The molecule has 0 aromatic heterocycles. The smallest absolute Gasteiger partial charge is 0.226 e. The molecule has 5 nitrogen and oxygen atoms in total. The monoisotopic (exact) mass is 331 g/mol. The van der Waals surface area contributed by atoms with Crippen LogP contribution in [0.1, 0.15) is 13.3 Å². The van der Waals surface area contributed by atoms with E-state index in [-0.39, 0.29) is 11.8 Å². The standard InChI is InChI=1S/C17H18ClN3O2/c1-12(22)20-14-6-4-5-13(11-14)19-10-9-17(23)21-16-8-3-2-7-15(16)18/h2-8,11,19H,9-10H2,1H3,(H,20,22)(H,21,23). The molecule has 23 heavy (non-hydrogen) atoms. The second-order valence-electron chi connectivity index (χ2n) is 4.97. The highest BCUT2D eigenvalue weighted by Crippen LogP contribution is 2.20. The largest absolute Gasteiger partial charge is 0.384 e. The van der Waals surface area contributed by atoms with Gasteiger partial charge in [0.15, 0.2) is 0 Å². The fourth-order valence-corrected chi connectivity index (χ4v) is 2.19. The molecule has 3 N–H and O–H groups in total. The Hall–Kier alpha value is -2.53. The first kappa shape index (κ1) is 16.8. The Balaban J connectivity index is 1.81. The average Bonchev–Trinajstić information content (AvgIpc) is 2.49. The van der Waals surface area contributed by atoms with Crippen molar-refractivity contribution in [3.8, 4) is 0 Å². The van der Waals surface area contributed by atoms with E-state index in [1.54, 1.807) is 18.2 Å². The second kappa shape index (κ2) is 8.19. The Morgan fingerprint density at radius 2 is 1.74 bits per heavy atom. The predicted molar refractivity (Wildman–Crippen MR) is 93.9 cm³/mol. The minimum absolute atomic E-state index is 0.122. The summed E-state index contributed by atoms with van der Waals surface area (Å²) < 4.78 is 0. The highest BCUT2D eigenvalue weighted by Gasteiger charge is 2.05. The molecule has 0 atom stereocenters. The zero-order valence-corrected chi connectivity index (χ0v) is 13.5. The van der Waals surface area contributed by atoms with E-state index in [0.717, 1.165) is 5.69 Å². The molecule has 0 radical (unpaired) electrons. The number of carbonyl (C=O) groups excluding carboxylic acids is 2. The van der Waals surface area contributed by atoms with Crippen molar-refractivity contribution in [1.29, 1.82) is 0 Å². The number of anilines is 3. The lowest BCUT2D eigenvalue weighted by Crippen LogP contribution is -2.16. The SMILES string of the molecule is CC(=O)Nc1cccc(NCCC(=O)Nc2ccccc2Cl)c1. The normalized spacial score (nSPS) is 10.0. The highest BCUT2D eigenvalue weighted by atomic mass is 35.5. The van der Waals surface area contributed by atoms with E-state index in [0.29, 0.717) is 29.4 Å². The van der Waals surface area contributed by atoms with Crippen molar-refractivity contribution < 1.29 is 9.59 Å². The summed E-state index contributed by atoms with van der Waals surface area (Å²) in [6, 6.07) is 14.4. The number of benzene rings is 2. The first-order chi connectivity index (χ1) is 11.0. The lowest BCUT2D eigenvalue weighted by atomic mass is 10.2. The maximum Gasteiger partial charge on any atom is 0.226 e. The number of para-hydroxylation sites is 1. The van der Waals surface area contributed by atoms with Crippen molar-refractivity contribution in [3.63, 3.8) is 0 Å². The first-order valence-electron chi connectivity index (χ1n) is 7.20. The van der Waals surface area contributed by atoms with Crippen LogP contribution in [0.2, 0.25) is 5.02 Å². The fourth-order valence-electron chi connectivity index (χ4n) is 2.01. The maximum atomic E-state index is 11.9. The Labute approximate surface area is 140 Å². The molecule has 2 aromatic carbocycles. The van der Waals surface area contributed by atoms with Crippen molar-refractivity contribution in [3.05, 3.63) is 53.6 Å². The van der Waals surface area contributed by atoms with Crippen LogP contribution in [0.5, 0.6) is 0 Å². The van der Waals surface area contributed by atoms with Crippen LogP contribution in [-0.2, 0) is 9.59 Å². The molecule has 0 saturated heterocycles. The molecule has 2 amide bonds. The van der Waals surface area contributed by atoms with Gasteiger partial charge in [0.25, 0.3) is 0 Å². The van der Waals surface area contributed by atoms with Gasteiger partial charge in [0.05, 0.1) is 10.7 Å². The van der Waals surface area contributed by atoms with Crippen LogP contribution in [0.4, 0.5) is 17.1 Å². The Morgan fingerprint density at radius 1 is 1.00 bits per heavy atom. The number of rotatable bonds is 6. The Morgan fingerprint density at radius 3 is 2.48 bits per heavy atom. The van der Waals surface area contributed by atoms with Gasteiger partial charge in [-0.05, 0) is 30.3 Å². The third kappa shape index (κ3) is 5.64. The van der Waals surface area contributed by atoms with Gasteiger partial charge in [-0.1, -0.05) is 29.8 Å². The first-order valence-corrected chi connectivity index (χ1v) is 7.58. The summed E-state index contributed by atoms with van der Waals surface area (Å²) in [5, 5.41) is 9.13. The molecule has 2 rings (SSSR count). The highest BCUT2D eigenvalue weighted by molar-refractivity contribution is 6.33. The van der Waals surface area contributed by atoms with Crippen molar-refractivity contribution in [2.24, 2.45) is 0 Å². The number of amides is 2. The molecule has 0 saturated carbocycles. The van der Waals surface area contributed by atoms with Crippen LogP contribution in [0.15, 0.2) is 48.5 Å². The average molecular weight is 332 g/mol. The van der Waals surface area contributed by atoms with Crippen LogP contribution in [0.3, 0.4) is 0 Å². The van der Waals surface area contributed by atoms with Crippen molar-refractivity contribution in [2.45, 2.75) is 13.3 Å². The molecular weight excluding hydrogens is 314 g/mol. The molecule has 120 valence electrons. The summed E-state index contributed by atoms with van der Waals surface area (Å²) in [6.07, 6.45) is 0.301. The van der Waals surface area contributed by atoms with Gasteiger partial charge in [0, 0.05) is 31.3 Å². The van der Waals surface area contributed by atoms with E-state index in [9.17, 15) is 9.59 Å². The van der Waals surface area contributed by atoms with E-state index < -0.39 is 0 Å². The molecule has 0 aliphatic heterocycles. The second-order valence-corrected chi connectivity index (χ2v) is 5.37. The Kier molecular flexibility index (Phi) is 6.00. The van der Waals surface area contributed by atoms with E-state index in [1.807, 2.05) is 30.3 Å². The summed E-state index contributed by atoms with van der Waals surface area (Å²) >= 11 is 5.99. The quantitative estimate of drug-likeness (QED) is 0.755. The molecular formula is C17H18ClN3O2. The van der Waals surface area contributed by atoms with Crippen LogP contribution in [0.25, 0.3) is 0 Å². The molecule has 2 aromatic rings. The number of hydrogen-bond acceptors (Lipinski definition) is 3. The zero-order chi connectivity index (χ0) is 16.7. The van der Waals surface area contributed by atoms with Gasteiger partial charge in [-0.25, -0.2) is 0 Å². The summed E-state index contributed by atoms with van der Waals surface area (Å²) in [6.45, 7) is 1.93. The Bertz CT molecular complexity index is 704. The van der Waals surface area contributed by atoms with Gasteiger partial charge < -0.3 is 16.0 Å². The minimum atomic E-state index is -0.124. The van der Waals surface area contributed by atoms with E-state index in [2.05, 4.69) is 16.0 Å². The summed E-state index contributed by atoms with van der Waals surface area (Å²) in [7, 11) is 0. The third-order valence-corrected chi connectivity index (χ3v) is 3.34. The zero-order valence-electron chi connectivity index (χ0n) is 12.7. The van der Waals surface area contributed by atoms with Gasteiger partial charge >= 0.3 is 0 Å². The van der Waals surface area contributed by atoms with Crippen LogP contribution in [-0.4, -0.2) is 18.4 Å². The van der Waals surface area contributed by atoms with Crippen molar-refractivity contribution in [2.75, 3.05) is 22.5 Å². The molecule has 0 aliphatic rings. The third-order valence-electron chi connectivity index (χ3n) is 3.01. The molecule has 0 bridgehead atoms. The van der Waals surface area contributed by atoms with Gasteiger partial charge in [-0.3, -0.25) is 9.59 Å². The van der Waals surface area contributed by atoms with Gasteiger partial charge in [-0.15, -0.1) is 0 Å². The van der Waals surface area contributed by atoms with Gasteiger partial charge in [0.1, 0.15) is 0 Å². The molecule has 0 aliphatic carbocycles. The number of nitrogens with one attached hydrogen (secondary N) is 3. The topological polar surface area (TPSA) is 70.2 Å². The molecule has 0 spiro atoms. The molecule has 0 unspecified atom stereocenters. The van der Waals surface area contributed by atoms with Crippen LogP contribution >= 0.6 is 11.6 Å². The lowest BCUT2D eigenvalue weighted by molar-refractivity contribution is -0.116. The van der Waals surface area contributed by atoms with Crippen LogP contribution in [0, 0.1) is 0 Å². The number of carbonyl (C=O) groups is 2. The predicted octanol–water partition coefficient (Wildman–Crippen LogP) is 3.74. The summed E-state index contributed by atoms with van der Waals surface area (Å²) in [5.74, 6) is -0.245. The molecule has 0 heterocycles. The van der Waals surface area contributed by atoms with Gasteiger partial charge in [-0.2, -0.15) is 0 Å². The van der Waals surface area contributed by atoms with Crippen molar-refractivity contribution >= 4 is 40.5 Å². The lowest BCUT2D eigenvalue weighted by Gasteiger charge is -2.10. The van der Waals surface area contributed by atoms with E-state index >= 15 is 0 Å². The van der Waals surface area contributed by atoms with E-state index in [4.69, 9.17) is 11.6 Å². The minimum Gasteiger partial charge on any atom is -0.384 e. The number of hydrogen-bond donors (Lipinski definition) is 3. The number of halogens is 1. The molecule has 6 heteroatoms. The van der Waals surface area contributed by atoms with E-state index in [1.165, 1.54) is 6.92 Å². The van der Waals surface area contributed by atoms with Crippen LogP contribution < -0.4 is 16.0 Å². The van der Waals surface area contributed by atoms with Gasteiger partial charge in [0.2, 0.25) is 11.8 Å². The van der Waals surface area contributed by atoms with Crippen molar-refractivity contribution in [1.82, 2.24) is 0 Å². The fraction of sp³-hybridized carbons (Fsp3) is 0.176. The maximum absolute atomic E-state index is 11.9. The summed E-state index contributed by atoms with van der Waals surface area (Å²) in [5.41, 5.74) is 2.15.